The Balaban J connectivity index is 3.03. The van der Waals surface area contributed by atoms with Gasteiger partial charge in [0.05, 0.1) is 0 Å². The van der Waals surface area contributed by atoms with Crippen molar-refractivity contribution in [2.45, 2.75) is 154 Å². The summed E-state index contributed by atoms with van der Waals surface area (Å²) in [7, 11) is -3.77. The van der Waals surface area contributed by atoms with E-state index in [9.17, 15) is 4.57 Å². The molecule has 0 aromatic rings. The molecular formula is C26H54BrO3P. The van der Waals surface area contributed by atoms with Gasteiger partial charge in [-0.05, 0) is 12.8 Å². The van der Waals surface area contributed by atoms with Gasteiger partial charge in [-0.1, -0.05) is 157 Å². The van der Waals surface area contributed by atoms with E-state index < -0.39 is 7.60 Å². The highest BCUT2D eigenvalue weighted by Gasteiger charge is 2.10. The highest BCUT2D eigenvalue weighted by atomic mass is 79.9. The van der Waals surface area contributed by atoms with Crippen molar-refractivity contribution in [2.24, 2.45) is 0 Å². The van der Waals surface area contributed by atoms with E-state index in [4.69, 9.17) is 9.79 Å². The smallest absolute Gasteiger partial charge is 0.324 e. The van der Waals surface area contributed by atoms with Gasteiger partial charge in [0.15, 0.2) is 0 Å². The maximum atomic E-state index is 10.8. The molecular weight excluding hydrogens is 471 g/mol. The molecule has 0 aliphatic heterocycles. The maximum Gasteiger partial charge on any atom is 0.325 e. The fraction of sp³-hybridized carbons (Fsp3) is 1.00. The second-order valence-corrected chi connectivity index (χ2v) is 12.1. The molecule has 188 valence electrons. The number of unbranched alkanes of at least 4 members (excludes halogenated alkanes) is 23. The Kier molecular flexibility index (Phi) is 25.8. The Morgan fingerprint density at radius 2 is 0.581 bits per heavy atom. The SMILES string of the molecule is O=P(O)(O)CCCCCCCCCCCCCCCCCCCCCCCCCCBr. The Morgan fingerprint density at radius 3 is 0.774 bits per heavy atom. The summed E-state index contributed by atoms with van der Waals surface area (Å²) in [6.45, 7) is 0. The molecule has 0 aliphatic carbocycles. The maximum absolute atomic E-state index is 10.8. The zero-order valence-electron chi connectivity index (χ0n) is 20.5. The predicted octanol–water partition coefficient (Wildman–Crippen LogP) is 9.92. The molecule has 0 unspecified atom stereocenters. The van der Waals surface area contributed by atoms with E-state index in [1.54, 1.807) is 0 Å². The van der Waals surface area contributed by atoms with Gasteiger partial charge in [-0.15, -0.1) is 0 Å². The van der Waals surface area contributed by atoms with Gasteiger partial charge in [-0.25, -0.2) is 0 Å². The van der Waals surface area contributed by atoms with E-state index in [0.29, 0.717) is 6.42 Å². The number of rotatable bonds is 26. The van der Waals surface area contributed by atoms with Gasteiger partial charge >= 0.3 is 7.60 Å². The summed E-state index contributed by atoms with van der Waals surface area (Å²) in [4.78, 5) is 17.6. The molecule has 0 amide bonds. The van der Waals surface area contributed by atoms with Gasteiger partial charge in [0, 0.05) is 11.5 Å². The third-order valence-electron chi connectivity index (χ3n) is 6.33. The van der Waals surface area contributed by atoms with Gasteiger partial charge in [-0.3, -0.25) is 4.57 Å². The van der Waals surface area contributed by atoms with Gasteiger partial charge < -0.3 is 9.79 Å². The molecule has 0 aromatic carbocycles. The van der Waals surface area contributed by atoms with E-state index in [1.807, 2.05) is 0 Å². The molecule has 0 aliphatic rings. The average molecular weight is 526 g/mol. The summed E-state index contributed by atoms with van der Waals surface area (Å²) in [5, 5.41) is 1.17. The molecule has 0 radical (unpaired) electrons. The Hall–Kier alpha value is 0.630. The second kappa shape index (κ2) is 25.3. The average Bonchev–Trinajstić information content (AvgIpc) is 2.73. The summed E-state index contributed by atoms with van der Waals surface area (Å²) in [5.41, 5.74) is 0. The van der Waals surface area contributed by atoms with Crippen LogP contribution in [0.4, 0.5) is 0 Å². The number of alkyl halides is 1. The number of hydrogen-bond acceptors (Lipinski definition) is 1. The van der Waals surface area contributed by atoms with E-state index in [-0.39, 0.29) is 6.16 Å². The molecule has 0 saturated heterocycles. The lowest BCUT2D eigenvalue weighted by Gasteiger charge is -2.05. The fourth-order valence-electron chi connectivity index (χ4n) is 4.30. The van der Waals surface area contributed by atoms with Crippen molar-refractivity contribution >= 4 is 23.5 Å². The number of halogens is 1. The van der Waals surface area contributed by atoms with Crippen LogP contribution in [0.1, 0.15) is 154 Å². The Bertz CT molecular complexity index is 387. The van der Waals surface area contributed by atoms with Crippen molar-refractivity contribution < 1.29 is 14.4 Å². The van der Waals surface area contributed by atoms with Crippen LogP contribution in [0.2, 0.25) is 0 Å². The third-order valence-corrected chi connectivity index (χ3v) is 7.79. The van der Waals surface area contributed by atoms with Crippen LogP contribution in [0.5, 0.6) is 0 Å². The van der Waals surface area contributed by atoms with Crippen molar-refractivity contribution in [1.82, 2.24) is 0 Å². The topological polar surface area (TPSA) is 57.5 Å². The molecule has 5 heteroatoms. The van der Waals surface area contributed by atoms with Crippen LogP contribution in [0.3, 0.4) is 0 Å². The standard InChI is InChI=1S/C26H54BrO3P/c27-25-23-21-19-17-15-13-11-9-7-5-3-1-2-4-6-8-10-12-14-16-18-20-22-24-26-31(28,29)30/h1-26H2,(H2,28,29,30). The molecule has 0 heterocycles. The molecule has 0 bridgehead atoms. The summed E-state index contributed by atoms with van der Waals surface area (Å²) in [5.74, 6) is 0. The normalized spacial score (nSPS) is 12.0. The molecule has 0 saturated carbocycles. The van der Waals surface area contributed by atoms with Crippen molar-refractivity contribution in [1.29, 1.82) is 0 Å². The van der Waals surface area contributed by atoms with Crippen LogP contribution >= 0.6 is 23.5 Å². The van der Waals surface area contributed by atoms with Crippen LogP contribution in [-0.4, -0.2) is 21.3 Å². The van der Waals surface area contributed by atoms with Crippen LogP contribution in [-0.2, 0) is 4.57 Å². The van der Waals surface area contributed by atoms with Crippen LogP contribution in [0, 0.1) is 0 Å². The third kappa shape index (κ3) is 30.6. The zero-order chi connectivity index (χ0) is 22.9. The minimum atomic E-state index is -3.77. The molecule has 31 heavy (non-hydrogen) atoms. The minimum absolute atomic E-state index is 0.0608. The fourth-order valence-corrected chi connectivity index (χ4v) is 5.33. The number of hydrogen-bond donors (Lipinski definition) is 2. The minimum Gasteiger partial charge on any atom is -0.324 e. The van der Waals surface area contributed by atoms with Crippen LogP contribution < -0.4 is 0 Å². The highest BCUT2D eigenvalue weighted by molar-refractivity contribution is 9.09. The first-order valence-corrected chi connectivity index (χ1v) is 16.6. The second-order valence-electron chi connectivity index (χ2n) is 9.56. The van der Waals surface area contributed by atoms with Crippen molar-refractivity contribution in [3.05, 3.63) is 0 Å². The van der Waals surface area contributed by atoms with Gasteiger partial charge in [-0.2, -0.15) is 0 Å². The Labute approximate surface area is 203 Å². The quantitative estimate of drug-likeness (QED) is 0.0671. The molecule has 0 spiro atoms. The molecule has 0 fully saturated rings. The molecule has 3 nitrogen and oxygen atoms in total. The Morgan fingerprint density at radius 1 is 0.387 bits per heavy atom. The lowest BCUT2D eigenvalue weighted by atomic mass is 10.0. The summed E-state index contributed by atoms with van der Waals surface area (Å²) in [6.07, 6.45) is 32.3. The van der Waals surface area contributed by atoms with E-state index in [1.165, 1.54) is 140 Å². The monoisotopic (exact) mass is 524 g/mol. The van der Waals surface area contributed by atoms with Crippen LogP contribution in [0.15, 0.2) is 0 Å². The van der Waals surface area contributed by atoms with Crippen LogP contribution in [0.25, 0.3) is 0 Å². The lowest BCUT2D eigenvalue weighted by Crippen LogP contribution is -1.88. The van der Waals surface area contributed by atoms with Crippen molar-refractivity contribution in [3.8, 4) is 0 Å². The molecule has 2 N–H and O–H groups in total. The van der Waals surface area contributed by atoms with Gasteiger partial charge in [0.25, 0.3) is 0 Å². The predicted molar refractivity (Wildman–Crippen MR) is 142 cm³/mol. The van der Waals surface area contributed by atoms with E-state index >= 15 is 0 Å². The first-order valence-electron chi connectivity index (χ1n) is 13.7. The molecule has 0 atom stereocenters. The van der Waals surface area contributed by atoms with E-state index in [0.717, 1.165) is 12.8 Å². The van der Waals surface area contributed by atoms with Crippen molar-refractivity contribution in [2.75, 3.05) is 11.5 Å². The first kappa shape index (κ1) is 31.6. The van der Waals surface area contributed by atoms with E-state index in [2.05, 4.69) is 15.9 Å². The zero-order valence-corrected chi connectivity index (χ0v) is 23.0. The summed E-state index contributed by atoms with van der Waals surface area (Å²) in [6, 6.07) is 0. The highest BCUT2D eigenvalue weighted by Crippen LogP contribution is 2.35. The van der Waals surface area contributed by atoms with Gasteiger partial charge in [0.2, 0.25) is 0 Å². The summed E-state index contributed by atoms with van der Waals surface area (Å²) < 4.78 is 10.8. The molecule has 0 rings (SSSR count). The van der Waals surface area contributed by atoms with Gasteiger partial charge in [0.1, 0.15) is 0 Å². The van der Waals surface area contributed by atoms with Crippen molar-refractivity contribution in [3.63, 3.8) is 0 Å². The lowest BCUT2D eigenvalue weighted by molar-refractivity contribution is 0.370. The summed E-state index contributed by atoms with van der Waals surface area (Å²) >= 11 is 3.50. The first-order chi connectivity index (χ1) is 15.1. The molecule has 0 aromatic heterocycles. The largest absolute Gasteiger partial charge is 0.325 e.